The largest absolute Gasteiger partial charge is 0.502 e. The Kier molecular flexibility index (Phi) is 4.90. The van der Waals surface area contributed by atoms with Crippen molar-refractivity contribution in [2.45, 2.75) is 37.4 Å². The Morgan fingerprint density at radius 2 is 1.84 bits per heavy atom. The summed E-state index contributed by atoms with van der Waals surface area (Å²) < 4.78 is 54.2. The fourth-order valence-electron chi connectivity index (χ4n) is 7.88. The number of nitrogens with zero attached hydrogens (tertiary/aromatic N) is 3. The molecule has 1 N–H and O–H groups in total. The van der Waals surface area contributed by atoms with Crippen LogP contribution in [0.4, 0.5) is 13.2 Å². The number of ether oxygens (including phenoxy) is 1. The normalized spacial score (nSPS) is 23.6. The number of benzene rings is 2. The summed E-state index contributed by atoms with van der Waals surface area (Å²) in [6, 6.07) is 10.8. The van der Waals surface area contributed by atoms with Crippen LogP contribution in [0, 0.1) is 11.2 Å². The molecule has 0 bridgehead atoms. The first-order chi connectivity index (χ1) is 20.7. The average Bonchev–Trinajstić information content (AvgIpc) is 3.33. The Morgan fingerprint density at radius 3 is 2.63 bits per heavy atom. The van der Waals surface area contributed by atoms with Crippen molar-refractivity contribution in [2.24, 2.45) is 5.41 Å². The molecule has 218 valence electrons. The second-order valence-electron chi connectivity index (χ2n) is 12.3. The second kappa shape index (κ2) is 8.29. The molecule has 43 heavy (non-hydrogen) atoms. The summed E-state index contributed by atoms with van der Waals surface area (Å²) in [5, 5.41) is 14.6. The predicted molar refractivity (Wildman–Crippen MR) is 152 cm³/mol. The zero-order chi connectivity index (χ0) is 29.4. The zero-order valence-corrected chi connectivity index (χ0v) is 23.5. The van der Waals surface area contributed by atoms with Crippen LogP contribution in [-0.2, 0) is 17.1 Å². The van der Waals surface area contributed by atoms with E-state index in [0.717, 1.165) is 22.1 Å². The van der Waals surface area contributed by atoms with Crippen LogP contribution < -0.4 is 10.4 Å². The molecule has 0 saturated carbocycles. The monoisotopic (exact) mass is 603 g/mol. The van der Waals surface area contributed by atoms with Gasteiger partial charge in [0, 0.05) is 46.6 Å². The van der Waals surface area contributed by atoms with Crippen molar-refractivity contribution in [3.05, 3.63) is 98.0 Å². The minimum atomic E-state index is -3.43. The highest BCUT2D eigenvalue weighted by Gasteiger charge is 2.54. The van der Waals surface area contributed by atoms with Gasteiger partial charge < -0.3 is 14.7 Å². The summed E-state index contributed by atoms with van der Waals surface area (Å²) in [5.41, 5.74) is 1.73. The van der Waals surface area contributed by atoms with Gasteiger partial charge in [0.25, 0.3) is 11.8 Å². The van der Waals surface area contributed by atoms with E-state index in [1.165, 1.54) is 28.3 Å². The zero-order valence-electron chi connectivity index (χ0n) is 22.6. The Hall–Kier alpha value is -4.09. The van der Waals surface area contributed by atoms with Crippen LogP contribution >= 0.6 is 11.3 Å². The van der Waals surface area contributed by atoms with Crippen LogP contribution in [0.3, 0.4) is 0 Å². The lowest BCUT2D eigenvalue weighted by molar-refractivity contribution is -0.150. The molecule has 3 aliphatic heterocycles. The van der Waals surface area contributed by atoms with Crippen molar-refractivity contribution in [1.29, 1.82) is 0 Å². The number of hydrogen-bond donors (Lipinski definition) is 1. The van der Waals surface area contributed by atoms with Crippen molar-refractivity contribution < 1.29 is 27.8 Å². The van der Waals surface area contributed by atoms with Crippen LogP contribution in [0.25, 0.3) is 21.6 Å². The maximum absolute atomic E-state index is 15.8. The van der Waals surface area contributed by atoms with Crippen LogP contribution in [0.1, 0.15) is 51.6 Å². The van der Waals surface area contributed by atoms with Gasteiger partial charge in [0.1, 0.15) is 12.0 Å². The lowest BCUT2D eigenvalue weighted by Crippen LogP contribution is -2.68. The van der Waals surface area contributed by atoms with E-state index < -0.39 is 53.0 Å². The summed E-state index contributed by atoms with van der Waals surface area (Å²) >= 11 is 1.37. The molecule has 5 aliphatic rings. The van der Waals surface area contributed by atoms with Crippen LogP contribution in [0.5, 0.6) is 5.75 Å². The van der Waals surface area contributed by atoms with Gasteiger partial charge in [-0.15, -0.1) is 11.3 Å². The number of hydrogen-bond acceptors (Lipinski definition) is 6. The number of thiophene rings is 1. The maximum atomic E-state index is 15.8. The summed E-state index contributed by atoms with van der Waals surface area (Å²) in [6.07, 6.45) is 1.55. The molecule has 7 nitrogen and oxygen atoms in total. The van der Waals surface area contributed by atoms with Gasteiger partial charge in [-0.1, -0.05) is 30.3 Å². The minimum Gasteiger partial charge on any atom is -0.502 e. The highest BCUT2D eigenvalue weighted by molar-refractivity contribution is 7.14. The first-order valence-corrected chi connectivity index (χ1v) is 15.1. The number of aromatic hydroxyl groups is 1. The Balaban J connectivity index is 1.39. The van der Waals surface area contributed by atoms with Gasteiger partial charge in [0.2, 0.25) is 5.43 Å². The Labute approximate surface area is 247 Å². The van der Waals surface area contributed by atoms with Crippen LogP contribution in [-0.4, -0.2) is 46.5 Å². The molecule has 2 aromatic carbocycles. The molecule has 1 spiro atoms. The third kappa shape index (κ3) is 3.18. The molecule has 1 amide bonds. The maximum Gasteiger partial charge on any atom is 0.280 e. The Bertz CT molecular complexity index is 1970. The van der Waals surface area contributed by atoms with E-state index in [0.29, 0.717) is 49.3 Å². The molecule has 11 heteroatoms. The summed E-state index contributed by atoms with van der Waals surface area (Å²) in [7, 11) is 0. The highest BCUT2D eigenvalue weighted by Crippen LogP contribution is 2.58. The van der Waals surface area contributed by atoms with E-state index in [9.17, 15) is 14.7 Å². The second-order valence-corrected chi connectivity index (χ2v) is 13.1. The number of pyridine rings is 1. The van der Waals surface area contributed by atoms with E-state index in [2.05, 4.69) is 0 Å². The Morgan fingerprint density at radius 1 is 1.02 bits per heavy atom. The topological polar surface area (TPSA) is 75.0 Å². The molecule has 2 saturated heterocycles. The summed E-state index contributed by atoms with van der Waals surface area (Å²) in [5.74, 6) is -5.52. The molecule has 9 rings (SSSR count). The molecule has 2 aromatic heterocycles. The fourth-order valence-corrected chi connectivity index (χ4v) is 9.01. The molecular formula is C32H24F3N3O4S. The molecule has 5 heterocycles. The van der Waals surface area contributed by atoms with Gasteiger partial charge >= 0.3 is 0 Å². The lowest BCUT2D eigenvalue weighted by atomic mass is 9.74. The van der Waals surface area contributed by atoms with Crippen molar-refractivity contribution in [2.75, 3.05) is 24.8 Å². The third-order valence-corrected chi connectivity index (χ3v) is 10.9. The first-order valence-electron chi connectivity index (χ1n) is 14.2. The average molecular weight is 604 g/mol. The van der Waals surface area contributed by atoms with Crippen molar-refractivity contribution >= 4 is 17.2 Å². The van der Waals surface area contributed by atoms with Crippen LogP contribution in [0.15, 0.2) is 58.8 Å². The number of aromatic nitrogens is 1. The number of rotatable bonds is 1. The molecular weight excluding hydrogens is 579 g/mol. The fraction of sp³-hybridized carbons (Fsp3) is 0.312. The van der Waals surface area contributed by atoms with E-state index >= 15 is 13.2 Å². The van der Waals surface area contributed by atoms with Gasteiger partial charge in [0.15, 0.2) is 11.4 Å². The van der Waals surface area contributed by atoms with Crippen molar-refractivity contribution in [1.82, 2.24) is 9.58 Å². The van der Waals surface area contributed by atoms with Gasteiger partial charge in [-0.3, -0.25) is 19.3 Å². The van der Waals surface area contributed by atoms with Gasteiger partial charge in [-0.2, -0.15) is 0 Å². The molecule has 2 fully saturated rings. The number of alkyl halides is 2. The number of carbonyl (C=O) groups excluding carboxylic acids is 1. The van der Waals surface area contributed by atoms with Crippen LogP contribution in [0.2, 0.25) is 0 Å². The van der Waals surface area contributed by atoms with Gasteiger partial charge in [-0.25, -0.2) is 13.2 Å². The highest BCUT2D eigenvalue weighted by atomic mass is 32.1. The van der Waals surface area contributed by atoms with Crippen molar-refractivity contribution in [3.63, 3.8) is 0 Å². The number of carbonyl (C=O) groups is 1. The number of piperidine rings is 1. The van der Waals surface area contributed by atoms with Crippen molar-refractivity contribution in [3.8, 4) is 27.3 Å². The van der Waals surface area contributed by atoms with E-state index in [1.807, 2.05) is 29.3 Å². The first kappa shape index (κ1) is 25.4. The van der Waals surface area contributed by atoms with E-state index in [1.54, 1.807) is 16.3 Å². The minimum absolute atomic E-state index is 0.163. The van der Waals surface area contributed by atoms with E-state index in [4.69, 9.17) is 4.74 Å². The molecule has 0 radical (unpaired) electrons. The summed E-state index contributed by atoms with van der Waals surface area (Å²) in [4.78, 5) is 29.0. The van der Waals surface area contributed by atoms with E-state index in [-0.39, 0.29) is 16.7 Å². The third-order valence-electron chi connectivity index (χ3n) is 9.89. The number of fused-ring (bicyclic) bond motifs is 4. The molecule has 4 aromatic rings. The summed E-state index contributed by atoms with van der Waals surface area (Å²) in [6.45, 7) is 1.46. The molecule has 0 unspecified atom stereocenters. The predicted octanol–water partition coefficient (Wildman–Crippen LogP) is 5.37. The molecule has 2 atom stereocenters. The van der Waals surface area contributed by atoms with Gasteiger partial charge in [0.05, 0.1) is 24.8 Å². The standard InChI is InChI=1S/C32H24F3N3O4S/c33-20-6-5-19-24-23-16(11-32(34,35)25(20)24)13-43-29(23)18-4-2-1-3-17(18)26(19)38-22-12-31(14-42-15-31)8-10-36(22)30(41)27-28(40)21(39)7-9-37(27)38/h1-7,9,13,22,26,40H,8,10-12,14-15H2/t22-,26-/m1/s1. The van der Waals surface area contributed by atoms with Gasteiger partial charge in [-0.05, 0) is 46.5 Å². The SMILES string of the molecule is O=C1c2c(O)c(=O)ccn2N([C@@H]2c3ccccc3-c3scc4c3-c3c2ccc(F)c3C(F)(F)C4)[C@@H]2CC3(CCN12)COC3. The quantitative estimate of drug-likeness (QED) is 0.317. The smallest absolute Gasteiger partial charge is 0.280 e. The number of amides is 1. The number of halogens is 3. The lowest BCUT2D eigenvalue weighted by Gasteiger charge is -2.57. The molecule has 2 aliphatic carbocycles.